The van der Waals surface area contributed by atoms with Crippen LogP contribution >= 0.6 is 11.3 Å². The number of fused-ring (bicyclic) bond motifs is 2. The van der Waals surface area contributed by atoms with Crippen molar-refractivity contribution in [3.63, 3.8) is 0 Å². The highest BCUT2D eigenvalue weighted by Crippen LogP contribution is 2.42. The van der Waals surface area contributed by atoms with Gasteiger partial charge in [0, 0.05) is 23.3 Å². The Morgan fingerprint density at radius 3 is 2.87 bits per heavy atom. The van der Waals surface area contributed by atoms with Gasteiger partial charge in [-0.2, -0.15) is 0 Å². The number of thiazole rings is 1. The Hall–Kier alpha value is -3.13. The van der Waals surface area contributed by atoms with Crippen molar-refractivity contribution >= 4 is 39.4 Å². The fourth-order valence-electron chi connectivity index (χ4n) is 3.78. The van der Waals surface area contributed by atoms with Gasteiger partial charge in [0.15, 0.2) is 5.13 Å². The number of rotatable bonds is 3. The summed E-state index contributed by atoms with van der Waals surface area (Å²) < 4.78 is 5.87. The molecule has 0 saturated heterocycles. The molecule has 4 heterocycles. The lowest BCUT2D eigenvalue weighted by Gasteiger charge is -2.30. The van der Waals surface area contributed by atoms with Crippen LogP contribution in [0.25, 0.3) is 0 Å². The van der Waals surface area contributed by atoms with Crippen LogP contribution in [0.5, 0.6) is 5.75 Å². The molecule has 0 bridgehead atoms. The maximum absolute atomic E-state index is 12.5. The van der Waals surface area contributed by atoms with E-state index in [1.165, 1.54) is 11.3 Å². The lowest BCUT2D eigenvalue weighted by molar-refractivity contribution is 0.0901. The summed E-state index contributed by atoms with van der Waals surface area (Å²) in [6, 6.07) is 9.99. The Kier molecular flexibility index (Phi) is 4.39. The minimum absolute atomic E-state index is 0.0410. The fourth-order valence-corrected chi connectivity index (χ4v) is 4.80. The molecule has 1 aromatic carbocycles. The van der Waals surface area contributed by atoms with Gasteiger partial charge >= 0.3 is 0 Å². The number of benzene rings is 1. The third-order valence-corrected chi connectivity index (χ3v) is 6.33. The zero-order valence-electron chi connectivity index (χ0n) is 17.2. The topological polar surface area (TPSA) is 79.4 Å². The van der Waals surface area contributed by atoms with Crippen LogP contribution in [0.15, 0.2) is 36.5 Å². The van der Waals surface area contributed by atoms with E-state index in [4.69, 9.17) is 9.72 Å². The summed E-state index contributed by atoms with van der Waals surface area (Å²) in [5.74, 6) is 0.771. The minimum atomic E-state index is -0.280. The Labute approximate surface area is 179 Å². The second kappa shape index (κ2) is 6.98. The largest absolute Gasteiger partial charge is 0.490 e. The van der Waals surface area contributed by atoms with Crippen LogP contribution in [-0.2, 0) is 6.42 Å². The summed E-state index contributed by atoms with van der Waals surface area (Å²) in [5.41, 5.74) is 4.37. The lowest BCUT2D eigenvalue weighted by atomic mass is 9.94. The monoisotopic (exact) mass is 421 g/mol. The quantitative estimate of drug-likeness (QED) is 0.660. The number of hydrogen-bond acceptors (Lipinski definition) is 7. The fraction of sp³-hybridized carbons (Fsp3) is 0.318. The molecule has 2 aromatic heterocycles. The number of anilines is 4. The van der Waals surface area contributed by atoms with Crippen molar-refractivity contribution in [3.8, 4) is 5.75 Å². The molecule has 0 saturated carbocycles. The van der Waals surface area contributed by atoms with Gasteiger partial charge in [0.05, 0.1) is 29.8 Å². The van der Waals surface area contributed by atoms with Crippen LogP contribution in [0.2, 0.25) is 0 Å². The summed E-state index contributed by atoms with van der Waals surface area (Å²) in [7, 11) is 0. The molecular weight excluding hydrogens is 398 g/mol. The van der Waals surface area contributed by atoms with Crippen molar-refractivity contribution in [2.75, 3.05) is 23.4 Å². The average Bonchev–Trinajstić information content (AvgIpc) is 3.12. The number of carbonyl (C=O) groups excluding carboxylic acids is 1. The van der Waals surface area contributed by atoms with Crippen molar-refractivity contribution in [1.29, 1.82) is 0 Å². The van der Waals surface area contributed by atoms with E-state index in [1.54, 1.807) is 0 Å². The standard InChI is InChI=1S/C22H23N5O2S/c1-13-4-5-15(12-23-13)24-14-6-7-18-17(10-14)27(8-9-29-18)21-25-16-11-22(2,3)26-20(28)19(16)30-21/h4-7,10,12,24H,8-9,11H2,1-3H3,(H,26,28). The number of aryl methyl sites for hydroxylation is 1. The van der Waals surface area contributed by atoms with E-state index in [0.717, 1.165) is 45.8 Å². The summed E-state index contributed by atoms with van der Waals surface area (Å²) in [6.45, 7) is 7.26. The highest BCUT2D eigenvalue weighted by molar-refractivity contribution is 7.17. The van der Waals surface area contributed by atoms with Gasteiger partial charge in [-0.1, -0.05) is 11.3 Å². The van der Waals surface area contributed by atoms with Crippen LogP contribution < -0.4 is 20.3 Å². The molecule has 0 aliphatic carbocycles. The molecule has 0 spiro atoms. The molecule has 0 atom stereocenters. The van der Waals surface area contributed by atoms with Gasteiger partial charge in [-0.05, 0) is 51.1 Å². The molecule has 1 amide bonds. The van der Waals surface area contributed by atoms with E-state index in [1.807, 2.05) is 51.2 Å². The molecule has 2 aliphatic rings. The Morgan fingerprint density at radius 1 is 1.23 bits per heavy atom. The summed E-state index contributed by atoms with van der Waals surface area (Å²) in [5, 5.41) is 7.28. The second-order valence-corrected chi connectivity index (χ2v) is 9.26. The molecule has 30 heavy (non-hydrogen) atoms. The summed E-state index contributed by atoms with van der Waals surface area (Å²) >= 11 is 1.44. The van der Waals surface area contributed by atoms with Gasteiger partial charge in [0.25, 0.3) is 5.91 Å². The Bertz CT molecular complexity index is 1120. The van der Waals surface area contributed by atoms with Crippen LogP contribution in [-0.4, -0.2) is 34.6 Å². The first-order valence-corrected chi connectivity index (χ1v) is 10.8. The maximum atomic E-state index is 12.5. The smallest absolute Gasteiger partial charge is 0.263 e. The number of pyridine rings is 1. The highest BCUT2D eigenvalue weighted by atomic mass is 32.1. The molecule has 5 rings (SSSR count). The van der Waals surface area contributed by atoms with Crippen molar-refractivity contribution in [2.24, 2.45) is 0 Å². The number of aromatic nitrogens is 2. The van der Waals surface area contributed by atoms with Crippen LogP contribution in [0.1, 0.15) is 34.9 Å². The van der Waals surface area contributed by atoms with E-state index < -0.39 is 0 Å². The van der Waals surface area contributed by atoms with Crippen LogP contribution in [0.4, 0.5) is 22.2 Å². The molecule has 0 unspecified atom stereocenters. The van der Waals surface area contributed by atoms with E-state index in [-0.39, 0.29) is 11.4 Å². The second-order valence-electron chi connectivity index (χ2n) is 8.28. The van der Waals surface area contributed by atoms with Gasteiger partial charge in [-0.25, -0.2) is 4.98 Å². The van der Waals surface area contributed by atoms with E-state index in [2.05, 4.69) is 26.6 Å². The lowest BCUT2D eigenvalue weighted by Crippen LogP contribution is -2.48. The molecular formula is C22H23N5O2S. The molecule has 2 aliphatic heterocycles. The maximum Gasteiger partial charge on any atom is 0.263 e. The Morgan fingerprint density at radius 2 is 2.07 bits per heavy atom. The zero-order valence-corrected chi connectivity index (χ0v) is 18.0. The van der Waals surface area contributed by atoms with Crippen molar-refractivity contribution in [1.82, 2.24) is 15.3 Å². The minimum Gasteiger partial charge on any atom is -0.490 e. The number of nitrogens with zero attached hydrogens (tertiary/aromatic N) is 3. The first-order chi connectivity index (χ1) is 14.4. The molecule has 3 aromatic rings. The molecule has 7 nitrogen and oxygen atoms in total. The van der Waals surface area contributed by atoms with E-state index in [9.17, 15) is 4.79 Å². The first-order valence-electron chi connectivity index (χ1n) is 9.94. The summed E-state index contributed by atoms with van der Waals surface area (Å²) in [6.07, 6.45) is 2.54. The van der Waals surface area contributed by atoms with Crippen molar-refractivity contribution in [3.05, 3.63) is 52.8 Å². The number of nitrogens with one attached hydrogen (secondary N) is 2. The van der Waals surface area contributed by atoms with E-state index in [0.29, 0.717) is 18.0 Å². The van der Waals surface area contributed by atoms with Gasteiger partial charge in [-0.3, -0.25) is 9.78 Å². The predicted octanol–water partition coefficient (Wildman–Crippen LogP) is 4.19. The van der Waals surface area contributed by atoms with Crippen LogP contribution in [0.3, 0.4) is 0 Å². The SMILES string of the molecule is Cc1ccc(Nc2ccc3c(c2)N(c2nc4c(s2)C(=O)NC(C)(C)C4)CCO3)cn1. The molecule has 154 valence electrons. The molecule has 0 fully saturated rings. The number of hydrogen-bond donors (Lipinski definition) is 2. The third-order valence-electron chi connectivity index (χ3n) is 5.21. The predicted molar refractivity (Wildman–Crippen MR) is 119 cm³/mol. The number of amides is 1. The van der Waals surface area contributed by atoms with Gasteiger partial charge < -0.3 is 20.3 Å². The third kappa shape index (κ3) is 3.47. The highest BCUT2D eigenvalue weighted by Gasteiger charge is 2.34. The Balaban J connectivity index is 1.48. The molecule has 8 heteroatoms. The summed E-state index contributed by atoms with van der Waals surface area (Å²) in [4.78, 5) is 24.5. The van der Waals surface area contributed by atoms with E-state index >= 15 is 0 Å². The average molecular weight is 422 g/mol. The molecule has 2 N–H and O–H groups in total. The van der Waals surface area contributed by atoms with Crippen LogP contribution in [0, 0.1) is 6.92 Å². The number of ether oxygens (including phenoxy) is 1. The molecule has 0 radical (unpaired) electrons. The zero-order chi connectivity index (χ0) is 20.9. The first kappa shape index (κ1) is 18.9. The van der Waals surface area contributed by atoms with Gasteiger partial charge in [0.1, 0.15) is 17.2 Å². The van der Waals surface area contributed by atoms with Gasteiger partial charge in [-0.15, -0.1) is 0 Å². The van der Waals surface area contributed by atoms with Crippen molar-refractivity contribution in [2.45, 2.75) is 32.7 Å². The number of carbonyl (C=O) groups is 1. The van der Waals surface area contributed by atoms with Crippen molar-refractivity contribution < 1.29 is 9.53 Å². The normalized spacial score (nSPS) is 16.9. The van der Waals surface area contributed by atoms with Gasteiger partial charge in [0.2, 0.25) is 0 Å².